The summed E-state index contributed by atoms with van der Waals surface area (Å²) in [5.41, 5.74) is 31.2. The Balaban J connectivity index is 0.805. The summed E-state index contributed by atoms with van der Waals surface area (Å²) >= 11 is 0. The molecule has 0 atom stereocenters. The fraction of sp³-hybridized carbons (Fsp3) is 0.268. The highest BCUT2D eigenvalue weighted by atomic mass is 32.2. The van der Waals surface area contributed by atoms with Gasteiger partial charge in [-0.1, -0.05) is 232 Å². The zero-order chi connectivity index (χ0) is 93.5. The molecule has 7 heterocycles. The van der Waals surface area contributed by atoms with Gasteiger partial charge in [-0.05, 0) is 313 Å². The SMILES string of the molecule is Cc1ccc(S(=O)(=O)n2c3ccc(-n4c5ccc(-n6c7ccc(C(C)(C)C)cc7c7cc(C(C)(C)C)ccc76)cc5c5cc(-n6c7ccc(C(C)(C)C)cc7c7cc(C(C)(C)C)ccc76)ccc54)cc3c3cc(-n4c5ccc(-n6c7ccc(C(C)(C)C)cc7c7cc(C(C)(C)C)ccc76)cc5c5cc(-n6c7ccc(C(C)(C)C)cc7c7cc(C(C)(C)C)ccc76)ccc54)ccc32)cc1. The van der Waals surface area contributed by atoms with Crippen LogP contribution in [0.4, 0.5) is 0 Å². The van der Waals surface area contributed by atoms with Crippen molar-refractivity contribution in [3.8, 4) is 34.1 Å². The molecular weight excluding hydrogens is 1640 g/mol. The van der Waals surface area contributed by atoms with Crippen LogP contribution in [-0.4, -0.2) is 39.8 Å². The molecule has 666 valence electrons. The van der Waals surface area contributed by atoms with E-state index in [1.807, 2.05) is 19.1 Å². The Hall–Kier alpha value is -13.2. The van der Waals surface area contributed by atoms with Crippen LogP contribution in [0.15, 0.2) is 284 Å². The van der Waals surface area contributed by atoms with Crippen molar-refractivity contribution in [3.05, 3.63) is 329 Å². The number of aromatic nitrogens is 7. The Kier molecular flexibility index (Phi) is 18.4. The third kappa shape index (κ3) is 13.5. The second kappa shape index (κ2) is 28.7. The molecule has 15 aromatic carbocycles. The van der Waals surface area contributed by atoms with Gasteiger partial charge in [0.15, 0.2) is 0 Å². The highest BCUT2D eigenvalue weighted by Crippen LogP contribution is 2.49. The summed E-state index contributed by atoms with van der Waals surface area (Å²) in [4.78, 5) is 0.216. The lowest BCUT2D eigenvalue weighted by Gasteiger charge is -2.19. The predicted molar refractivity (Wildman–Crippen MR) is 569 cm³/mol. The van der Waals surface area contributed by atoms with Gasteiger partial charge >= 0.3 is 0 Å². The van der Waals surface area contributed by atoms with E-state index in [0.717, 1.165) is 138 Å². The van der Waals surface area contributed by atoms with Crippen molar-refractivity contribution in [2.75, 3.05) is 0 Å². The van der Waals surface area contributed by atoms with E-state index in [1.54, 1.807) is 16.1 Å². The van der Waals surface area contributed by atoms with Gasteiger partial charge in [-0.15, -0.1) is 0 Å². The average molecular weight is 1760 g/mol. The van der Waals surface area contributed by atoms with Gasteiger partial charge in [0, 0.05) is 110 Å². The normalized spacial score (nSPS) is 13.5. The van der Waals surface area contributed by atoms with Gasteiger partial charge < -0.3 is 27.4 Å². The molecular formula is C123H121N7O2S. The van der Waals surface area contributed by atoms with Crippen LogP contribution < -0.4 is 0 Å². The van der Waals surface area contributed by atoms with E-state index in [1.165, 1.54) is 87.6 Å². The molecule has 0 aliphatic heterocycles. The van der Waals surface area contributed by atoms with Crippen molar-refractivity contribution in [3.63, 3.8) is 0 Å². The fourth-order valence-electron chi connectivity index (χ4n) is 21.4. The molecule has 9 nitrogen and oxygen atoms in total. The molecule has 0 N–H and O–H groups in total. The molecule has 0 spiro atoms. The summed E-state index contributed by atoms with van der Waals surface area (Å²) in [5, 5.41) is 15.8. The van der Waals surface area contributed by atoms with E-state index in [-0.39, 0.29) is 48.2 Å². The zero-order valence-electron chi connectivity index (χ0n) is 81.9. The van der Waals surface area contributed by atoms with E-state index in [2.05, 4.69) is 448 Å². The monoisotopic (exact) mass is 1760 g/mol. The van der Waals surface area contributed by atoms with Crippen LogP contribution in [0.25, 0.3) is 187 Å². The third-order valence-electron chi connectivity index (χ3n) is 29.2. The number of fused-ring (bicyclic) bond motifs is 21. The number of nitrogens with zero attached hydrogens (tertiary/aromatic N) is 7. The minimum atomic E-state index is -4.25. The second-order valence-corrected chi connectivity index (χ2v) is 48.4. The van der Waals surface area contributed by atoms with Crippen LogP contribution in [0.1, 0.15) is 216 Å². The molecule has 7 aromatic heterocycles. The Labute approximate surface area is 781 Å². The zero-order valence-corrected chi connectivity index (χ0v) is 82.7. The maximum atomic E-state index is 16.2. The Morgan fingerprint density at radius 2 is 0.301 bits per heavy atom. The maximum absolute atomic E-state index is 16.2. The maximum Gasteiger partial charge on any atom is 0.268 e. The number of hydrogen-bond donors (Lipinski definition) is 0. The first-order valence-corrected chi connectivity index (χ1v) is 49.0. The Morgan fingerprint density at radius 1 is 0.165 bits per heavy atom. The van der Waals surface area contributed by atoms with Crippen molar-refractivity contribution in [1.82, 2.24) is 31.4 Å². The summed E-state index contributed by atoms with van der Waals surface area (Å²) in [6, 6.07) is 105. The van der Waals surface area contributed by atoms with E-state index >= 15 is 8.42 Å². The Morgan fingerprint density at radius 3 is 0.459 bits per heavy atom. The van der Waals surface area contributed by atoms with Gasteiger partial charge in [0.05, 0.1) is 82.1 Å². The average Bonchev–Trinajstić information content (AvgIpc) is 1.55. The fourth-order valence-corrected chi connectivity index (χ4v) is 22.9. The summed E-state index contributed by atoms with van der Waals surface area (Å²) < 4.78 is 48.7. The molecule has 0 radical (unpaired) electrons. The van der Waals surface area contributed by atoms with Crippen molar-refractivity contribution >= 4 is 163 Å². The largest absolute Gasteiger partial charge is 0.309 e. The molecule has 0 saturated carbocycles. The summed E-state index contributed by atoms with van der Waals surface area (Å²) in [6.07, 6.45) is 0. The lowest BCUT2D eigenvalue weighted by molar-refractivity contribution is 0.589. The smallest absolute Gasteiger partial charge is 0.268 e. The minimum Gasteiger partial charge on any atom is -0.309 e. The van der Waals surface area contributed by atoms with E-state index in [0.29, 0.717) is 11.0 Å². The van der Waals surface area contributed by atoms with Gasteiger partial charge in [-0.3, -0.25) is 0 Å². The van der Waals surface area contributed by atoms with Crippen LogP contribution in [0.5, 0.6) is 0 Å². The molecule has 0 saturated heterocycles. The summed E-state index contributed by atoms with van der Waals surface area (Å²) in [7, 11) is -4.25. The van der Waals surface area contributed by atoms with Crippen molar-refractivity contribution in [1.29, 1.82) is 0 Å². The Bertz CT molecular complexity index is 7720. The van der Waals surface area contributed by atoms with Crippen molar-refractivity contribution < 1.29 is 8.42 Å². The highest BCUT2D eigenvalue weighted by molar-refractivity contribution is 7.90. The van der Waals surface area contributed by atoms with Gasteiger partial charge in [0.2, 0.25) is 0 Å². The van der Waals surface area contributed by atoms with Crippen molar-refractivity contribution in [2.45, 2.75) is 221 Å². The van der Waals surface area contributed by atoms with Gasteiger partial charge in [0.25, 0.3) is 10.0 Å². The number of hydrogen-bond acceptors (Lipinski definition) is 2. The lowest BCUT2D eigenvalue weighted by Crippen LogP contribution is -2.12. The predicted octanol–water partition coefficient (Wildman–Crippen LogP) is 33.3. The molecule has 0 unspecified atom stereocenters. The molecule has 0 aliphatic carbocycles. The molecule has 0 bridgehead atoms. The topological polar surface area (TPSA) is 68.7 Å². The molecule has 10 heteroatoms. The third-order valence-corrected chi connectivity index (χ3v) is 31.0. The van der Waals surface area contributed by atoms with Crippen molar-refractivity contribution in [2.24, 2.45) is 0 Å². The minimum absolute atomic E-state index is 0.0706. The highest BCUT2D eigenvalue weighted by Gasteiger charge is 2.32. The standard InChI is InChI=1S/C123H121N7O2S/c1-72-26-42-87(43-27-72)133(131,132)130-114-56-40-85(128-110-52-36-81(124-102-44-28-73(116(2,3)4)58-88(102)89-59-74(117(5,6)7)29-45-103(89)124)66-96(110)97-67-82(37-53-111(97)128)125-104-46-30-75(118(8,9)10)60-90(104)91-61-76(119(11,12)13)31-47-105(91)125)70-100(114)101-71-86(41-57-115(101)130)129-112-54-38-83(126-106-48-32-77(120(14,15)16)62-92(106)93-63-78(121(17,18)19)33-49-107(93)126)68-98(112)99-69-84(39-55-113(99)129)127-108-50-34-79(122(20,21)22)64-94(108)95-65-80(123(23,24)25)35-51-109(95)127/h26-71H,1-25H3. The van der Waals surface area contributed by atoms with Crippen LogP contribution in [0.2, 0.25) is 0 Å². The second-order valence-electron chi connectivity index (χ2n) is 46.7. The number of rotatable bonds is 8. The van der Waals surface area contributed by atoms with Gasteiger partial charge in [-0.25, -0.2) is 12.4 Å². The van der Waals surface area contributed by atoms with Crippen LogP contribution >= 0.6 is 0 Å². The summed E-state index contributed by atoms with van der Waals surface area (Å²) in [6.45, 7) is 57.4. The molecule has 0 amide bonds. The molecule has 0 aliphatic rings. The molecule has 133 heavy (non-hydrogen) atoms. The van der Waals surface area contributed by atoms with E-state index in [9.17, 15) is 0 Å². The van der Waals surface area contributed by atoms with Crippen LogP contribution in [-0.2, 0) is 53.3 Å². The molecule has 0 fully saturated rings. The van der Waals surface area contributed by atoms with E-state index < -0.39 is 10.0 Å². The summed E-state index contributed by atoms with van der Waals surface area (Å²) in [5.74, 6) is 0. The lowest BCUT2D eigenvalue weighted by atomic mass is 9.85. The first-order valence-electron chi connectivity index (χ1n) is 47.6. The first kappa shape index (κ1) is 85.3. The molecule has 22 rings (SSSR count). The quantitative estimate of drug-likeness (QED) is 0.152. The van der Waals surface area contributed by atoms with Crippen LogP contribution in [0.3, 0.4) is 0 Å². The van der Waals surface area contributed by atoms with Gasteiger partial charge in [0.1, 0.15) is 0 Å². The van der Waals surface area contributed by atoms with Crippen LogP contribution in [0, 0.1) is 6.92 Å². The van der Waals surface area contributed by atoms with Gasteiger partial charge in [-0.2, -0.15) is 0 Å². The molecule has 22 aromatic rings. The first-order chi connectivity index (χ1) is 62.6. The number of benzene rings is 15. The number of aryl methyl sites for hydroxylation is 1. The van der Waals surface area contributed by atoms with E-state index in [4.69, 9.17) is 0 Å².